The van der Waals surface area contributed by atoms with Crippen LogP contribution in [0.15, 0.2) is 62.6 Å². The zero-order valence-electron chi connectivity index (χ0n) is 19.1. The molecule has 1 atom stereocenters. The molecule has 4 aromatic rings. The van der Waals surface area contributed by atoms with Crippen molar-refractivity contribution < 1.29 is 21.6 Å². The molecule has 2 heterocycles. The minimum absolute atomic E-state index is 0.104. The van der Waals surface area contributed by atoms with Gasteiger partial charge in [-0.15, -0.1) is 0 Å². The van der Waals surface area contributed by atoms with Crippen molar-refractivity contribution >= 4 is 26.9 Å². The number of nitrogens with one attached hydrogen (secondary N) is 1. The van der Waals surface area contributed by atoms with Gasteiger partial charge < -0.3 is 10.2 Å². The maximum absolute atomic E-state index is 15.1. The number of fused-ring (bicyclic) bond motifs is 1. The first-order chi connectivity index (χ1) is 16.6. The van der Waals surface area contributed by atoms with E-state index in [1.54, 1.807) is 6.92 Å². The molecule has 2 aromatic heterocycles. The summed E-state index contributed by atoms with van der Waals surface area (Å²) in [7, 11) is -4.49. The zero-order valence-corrected chi connectivity index (χ0v) is 19.9. The molecule has 0 fully saturated rings. The fourth-order valence-electron chi connectivity index (χ4n) is 4.12. The number of nitrogens with two attached hydrogens (primary N) is 1. The lowest BCUT2D eigenvalue weighted by atomic mass is 9.95. The lowest BCUT2D eigenvalue weighted by Crippen LogP contribution is -2.20. The monoisotopic (exact) mass is 502 g/mol. The van der Waals surface area contributed by atoms with Gasteiger partial charge in [-0.2, -0.15) is 4.39 Å². The summed E-state index contributed by atoms with van der Waals surface area (Å²) >= 11 is 0. The molecule has 0 aliphatic rings. The molecule has 0 aliphatic carbocycles. The Bertz CT molecular complexity index is 1560. The van der Waals surface area contributed by atoms with Gasteiger partial charge in [0.2, 0.25) is 5.95 Å². The Hall–Kier alpha value is -3.57. The molecule has 11 heteroatoms. The van der Waals surface area contributed by atoms with Crippen molar-refractivity contribution in [3.05, 3.63) is 87.5 Å². The second-order valence-electron chi connectivity index (χ2n) is 8.14. The van der Waals surface area contributed by atoms with Crippen LogP contribution in [0.1, 0.15) is 36.1 Å². The summed E-state index contributed by atoms with van der Waals surface area (Å²) in [5.74, 6) is -3.08. The highest BCUT2D eigenvalue weighted by atomic mass is 32.2. The van der Waals surface area contributed by atoms with Crippen LogP contribution in [-0.2, 0) is 16.4 Å². The van der Waals surface area contributed by atoms with Crippen molar-refractivity contribution in [2.45, 2.75) is 37.6 Å². The van der Waals surface area contributed by atoms with Gasteiger partial charge in [0.1, 0.15) is 16.5 Å². The highest BCUT2D eigenvalue weighted by Gasteiger charge is 2.25. The van der Waals surface area contributed by atoms with E-state index in [0.29, 0.717) is 6.54 Å². The van der Waals surface area contributed by atoms with Crippen molar-refractivity contribution in [2.75, 3.05) is 11.3 Å². The van der Waals surface area contributed by atoms with E-state index >= 15 is 4.39 Å². The van der Waals surface area contributed by atoms with Crippen LogP contribution >= 0.6 is 0 Å². The van der Waals surface area contributed by atoms with Gasteiger partial charge in [-0.1, -0.05) is 24.3 Å². The number of nitrogens with zero attached hydrogens (tertiary/aromatic N) is 2. The lowest BCUT2D eigenvalue weighted by molar-refractivity contribution is 0.488. The number of sulfonamides is 1. The SMILES string of the molecule is Cc1c(CCCN)cccc1C(C)n1c(=O)oc2cc(S(=O)(=O)Nc3cccc(F)n3)c(F)cc21. The van der Waals surface area contributed by atoms with Crippen LogP contribution in [0.2, 0.25) is 0 Å². The largest absolute Gasteiger partial charge is 0.420 e. The van der Waals surface area contributed by atoms with E-state index in [1.807, 2.05) is 29.8 Å². The molecule has 0 saturated carbocycles. The topological polar surface area (TPSA) is 120 Å². The van der Waals surface area contributed by atoms with Crippen molar-refractivity contribution in [1.29, 1.82) is 0 Å². The van der Waals surface area contributed by atoms with E-state index in [-0.39, 0.29) is 16.9 Å². The Labute approximate surface area is 200 Å². The van der Waals surface area contributed by atoms with Gasteiger partial charge in [0.05, 0.1) is 11.6 Å². The molecule has 0 radical (unpaired) electrons. The van der Waals surface area contributed by atoms with E-state index in [9.17, 15) is 17.6 Å². The first-order valence-electron chi connectivity index (χ1n) is 10.9. The Morgan fingerprint density at radius 2 is 1.91 bits per heavy atom. The normalized spacial score (nSPS) is 12.7. The highest BCUT2D eigenvalue weighted by Crippen LogP contribution is 2.29. The highest BCUT2D eigenvalue weighted by molar-refractivity contribution is 7.92. The molecule has 8 nitrogen and oxygen atoms in total. The van der Waals surface area contributed by atoms with Crippen molar-refractivity contribution in [1.82, 2.24) is 9.55 Å². The number of hydrogen-bond acceptors (Lipinski definition) is 6. The van der Waals surface area contributed by atoms with Crippen molar-refractivity contribution in [3.8, 4) is 0 Å². The van der Waals surface area contributed by atoms with Gasteiger partial charge in [-0.25, -0.2) is 22.6 Å². The second-order valence-corrected chi connectivity index (χ2v) is 9.79. The molecule has 4 rings (SSSR count). The standard InChI is InChI=1S/C24H24F2N4O4S/c1-14-16(7-5-11-27)6-3-8-17(14)15(2)30-19-12-18(25)21(13-20(19)34-24(30)31)35(32,33)29-23-10-4-9-22(26)28-23/h3-4,6,8-10,12-13,15H,5,7,11,27H2,1-2H3,(H,28,29). The van der Waals surface area contributed by atoms with E-state index in [1.165, 1.54) is 16.7 Å². The first-order valence-corrected chi connectivity index (χ1v) is 12.4. The average Bonchev–Trinajstić information content (AvgIpc) is 3.11. The van der Waals surface area contributed by atoms with E-state index in [0.717, 1.165) is 47.7 Å². The fraction of sp³-hybridized carbons (Fsp3) is 0.250. The first kappa shape index (κ1) is 24.6. The number of rotatable bonds is 8. The van der Waals surface area contributed by atoms with Crippen molar-refractivity contribution in [2.24, 2.45) is 5.73 Å². The van der Waals surface area contributed by atoms with Gasteiger partial charge in [0.25, 0.3) is 10.0 Å². The Kier molecular flexibility index (Phi) is 6.73. The Morgan fingerprint density at radius 3 is 2.63 bits per heavy atom. The molecule has 0 amide bonds. The van der Waals surface area contributed by atoms with Crippen molar-refractivity contribution in [3.63, 3.8) is 0 Å². The molecular weight excluding hydrogens is 478 g/mol. The number of anilines is 1. The molecule has 184 valence electrons. The summed E-state index contributed by atoms with van der Waals surface area (Å²) in [4.78, 5) is 15.4. The smallest absolute Gasteiger partial charge is 0.408 e. The molecule has 0 aliphatic heterocycles. The Morgan fingerprint density at radius 1 is 1.17 bits per heavy atom. The van der Waals surface area contributed by atoms with Gasteiger partial charge in [-0.05, 0) is 62.1 Å². The summed E-state index contributed by atoms with van der Waals surface area (Å²) in [6.07, 6.45) is 1.60. The molecule has 0 bridgehead atoms. The zero-order chi connectivity index (χ0) is 25.3. The number of halogens is 2. The molecule has 2 aromatic carbocycles. The molecular formula is C24H24F2N4O4S. The average molecular weight is 503 g/mol. The summed E-state index contributed by atoms with van der Waals surface area (Å²) in [6, 6.07) is 10.6. The summed E-state index contributed by atoms with van der Waals surface area (Å²) < 4.78 is 62.5. The minimum atomic E-state index is -4.49. The lowest BCUT2D eigenvalue weighted by Gasteiger charge is -2.18. The van der Waals surface area contributed by atoms with Crippen LogP contribution in [0.4, 0.5) is 14.6 Å². The van der Waals surface area contributed by atoms with Crippen LogP contribution in [-0.4, -0.2) is 24.5 Å². The third-order valence-corrected chi connectivity index (χ3v) is 7.26. The van der Waals surface area contributed by atoms with E-state index < -0.39 is 38.5 Å². The number of benzene rings is 2. The van der Waals surface area contributed by atoms with Crippen LogP contribution in [0.5, 0.6) is 0 Å². The molecule has 35 heavy (non-hydrogen) atoms. The number of aryl methyl sites for hydroxylation is 1. The summed E-state index contributed by atoms with van der Waals surface area (Å²) in [6.45, 7) is 4.28. The number of aromatic nitrogens is 2. The minimum Gasteiger partial charge on any atom is -0.408 e. The summed E-state index contributed by atoms with van der Waals surface area (Å²) in [5, 5.41) is 0. The third kappa shape index (κ3) is 4.82. The van der Waals surface area contributed by atoms with Crippen LogP contribution in [0.3, 0.4) is 0 Å². The predicted octanol–water partition coefficient (Wildman–Crippen LogP) is 3.88. The Balaban J connectivity index is 1.76. The molecule has 0 saturated heterocycles. The van der Waals surface area contributed by atoms with Gasteiger partial charge in [0.15, 0.2) is 5.58 Å². The quantitative estimate of drug-likeness (QED) is 0.353. The van der Waals surface area contributed by atoms with Gasteiger partial charge in [-0.3, -0.25) is 9.29 Å². The summed E-state index contributed by atoms with van der Waals surface area (Å²) in [5.41, 5.74) is 8.56. The second kappa shape index (κ2) is 9.59. The third-order valence-electron chi connectivity index (χ3n) is 5.89. The van der Waals surface area contributed by atoms with Crippen LogP contribution < -0.4 is 16.2 Å². The fourth-order valence-corrected chi connectivity index (χ4v) is 5.20. The number of pyridine rings is 1. The maximum atomic E-state index is 15.1. The van der Waals surface area contributed by atoms with Crippen LogP contribution in [0.25, 0.3) is 11.1 Å². The molecule has 3 N–H and O–H groups in total. The van der Waals surface area contributed by atoms with Gasteiger partial charge >= 0.3 is 5.76 Å². The molecule has 0 spiro atoms. The van der Waals surface area contributed by atoms with E-state index in [2.05, 4.69) is 4.98 Å². The number of oxazole rings is 1. The van der Waals surface area contributed by atoms with E-state index in [4.69, 9.17) is 10.2 Å². The van der Waals surface area contributed by atoms with Gasteiger partial charge in [0, 0.05) is 12.1 Å². The number of hydrogen-bond donors (Lipinski definition) is 2. The van der Waals surface area contributed by atoms with Crippen LogP contribution in [0, 0.1) is 18.7 Å². The molecule has 1 unspecified atom stereocenters. The predicted molar refractivity (Wildman–Crippen MR) is 128 cm³/mol. The maximum Gasteiger partial charge on any atom is 0.420 e.